The molecule has 0 saturated heterocycles. The number of benzene rings is 2. The summed E-state index contributed by atoms with van der Waals surface area (Å²) < 4.78 is 43.4. The highest BCUT2D eigenvalue weighted by Gasteiger charge is 2.31. The Bertz CT molecular complexity index is 1170. The van der Waals surface area contributed by atoms with E-state index in [-0.39, 0.29) is 23.9 Å². The SMILES string of the molecule is CCS(=O)(=O)N(CC(=O)N(Cc1cccc(OC)c1)C(C)C(=O)NC)c1ccc2c(c1)OCCO2. The average Bonchev–Trinajstić information content (AvgIpc) is 2.89. The van der Waals surface area contributed by atoms with Gasteiger partial charge in [0, 0.05) is 19.7 Å². The first kappa shape index (κ1) is 26.1. The number of rotatable bonds is 10. The van der Waals surface area contributed by atoms with Gasteiger partial charge in [0.1, 0.15) is 31.5 Å². The van der Waals surface area contributed by atoms with Crippen LogP contribution < -0.4 is 23.8 Å². The zero-order chi connectivity index (χ0) is 25.6. The number of hydrogen-bond donors (Lipinski definition) is 1. The molecule has 0 aliphatic carbocycles. The van der Waals surface area contributed by atoms with Crippen LogP contribution in [0.3, 0.4) is 0 Å². The highest BCUT2D eigenvalue weighted by molar-refractivity contribution is 7.92. The smallest absolute Gasteiger partial charge is 0.244 e. The molecule has 190 valence electrons. The second kappa shape index (κ2) is 11.3. The molecule has 3 rings (SSSR count). The number of ether oxygens (including phenoxy) is 3. The lowest BCUT2D eigenvalue weighted by Crippen LogP contribution is -2.51. The molecule has 2 amide bonds. The standard InChI is InChI=1S/C24H31N3O7S/c1-5-35(30,31)27(19-9-10-21-22(14-19)34-12-11-33-21)16-23(28)26(17(2)24(29)25-3)15-18-7-6-8-20(13-18)32-4/h6-10,13-14,17H,5,11-12,15-16H2,1-4H3,(H,25,29). The van der Waals surface area contributed by atoms with E-state index >= 15 is 0 Å². The molecule has 1 atom stereocenters. The minimum atomic E-state index is -3.83. The van der Waals surface area contributed by atoms with Gasteiger partial charge in [-0.3, -0.25) is 13.9 Å². The predicted molar refractivity (Wildman–Crippen MR) is 131 cm³/mol. The molecule has 0 radical (unpaired) electrons. The van der Waals surface area contributed by atoms with Gasteiger partial charge in [-0.25, -0.2) is 8.42 Å². The lowest BCUT2D eigenvalue weighted by molar-refractivity contribution is -0.139. The number of likely N-dealkylation sites (N-methyl/N-ethyl adjacent to an activating group) is 1. The first-order chi connectivity index (χ1) is 16.7. The highest BCUT2D eigenvalue weighted by Crippen LogP contribution is 2.35. The summed E-state index contributed by atoms with van der Waals surface area (Å²) in [6.45, 7) is 3.45. The zero-order valence-corrected chi connectivity index (χ0v) is 21.1. The average molecular weight is 506 g/mol. The summed E-state index contributed by atoms with van der Waals surface area (Å²) in [6.07, 6.45) is 0. The summed E-state index contributed by atoms with van der Waals surface area (Å²) in [4.78, 5) is 27.4. The van der Waals surface area contributed by atoms with E-state index in [0.29, 0.717) is 30.5 Å². The van der Waals surface area contributed by atoms with E-state index in [1.165, 1.54) is 26.0 Å². The van der Waals surface area contributed by atoms with Gasteiger partial charge in [0.05, 0.1) is 18.6 Å². The summed E-state index contributed by atoms with van der Waals surface area (Å²) in [7, 11) is -0.815. The van der Waals surface area contributed by atoms with Crippen LogP contribution in [0.15, 0.2) is 42.5 Å². The molecule has 10 nitrogen and oxygen atoms in total. The van der Waals surface area contributed by atoms with Crippen LogP contribution in [0.25, 0.3) is 0 Å². The molecule has 2 aromatic rings. The summed E-state index contributed by atoms with van der Waals surface area (Å²) >= 11 is 0. The van der Waals surface area contributed by atoms with Crippen LogP contribution in [-0.4, -0.2) is 70.8 Å². The van der Waals surface area contributed by atoms with Crippen molar-refractivity contribution < 1.29 is 32.2 Å². The maximum absolute atomic E-state index is 13.6. The van der Waals surface area contributed by atoms with Gasteiger partial charge >= 0.3 is 0 Å². The van der Waals surface area contributed by atoms with Crippen molar-refractivity contribution in [1.29, 1.82) is 0 Å². The van der Waals surface area contributed by atoms with Crippen molar-refractivity contribution in [2.75, 3.05) is 44.0 Å². The second-order valence-corrected chi connectivity index (χ2v) is 10.1. The molecule has 11 heteroatoms. The Morgan fingerprint density at radius 1 is 1.11 bits per heavy atom. The van der Waals surface area contributed by atoms with Crippen molar-refractivity contribution in [2.24, 2.45) is 0 Å². The topological polar surface area (TPSA) is 114 Å². The fourth-order valence-electron chi connectivity index (χ4n) is 3.67. The minimum Gasteiger partial charge on any atom is -0.497 e. The number of anilines is 1. The van der Waals surface area contributed by atoms with Crippen LogP contribution in [-0.2, 0) is 26.2 Å². The number of nitrogens with one attached hydrogen (secondary N) is 1. The Morgan fingerprint density at radius 2 is 1.83 bits per heavy atom. The molecule has 35 heavy (non-hydrogen) atoms. The fourth-order valence-corrected chi connectivity index (χ4v) is 4.72. The van der Waals surface area contributed by atoms with Gasteiger partial charge in [0.2, 0.25) is 21.8 Å². The maximum Gasteiger partial charge on any atom is 0.244 e. The maximum atomic E-state index is 13.6. The molecule has 0 aromatic heterocycles. The number of nitrogens with zero attached hydrogens (tertiary/aromatic N) is 2. The summed E-state index contributed by atoms with van der Waals surface area (Å²) in [5.41, 5.74) is 1.01. The number of carbonyl (C=O) groups excluding carboxylic acids is 2. The third-order valence-corrected chi connectivity index (χ3v) is 7.44. The van der Waals surface area contributed by atoms with Crippen LogP contribution in [0.5, 0.6) is 17.2 Å². The van der Waals surface area contributed by atoms with E-state index in [1.807, 2.05) is 0 Å². The quantitative estimate of drug-likeness (QED) is 0.524. The van der Waals surface area contributed by atoms with E-state index in [9.17, 15) is 18.0 Å². The van der Waals surface area contributed by atoms with Gasteiger partial charge in [0.15, 0.2) is 11.5 Å². The van der Waals surface area contributed by atoms with Gasteiger partial charge in [-0.05, 0) is 43.7 Å². The van der Waals surface area contributed by atoms with Gasteiger partial charge in [-0.2, -0.15) is 0 Å². The molecule has 0 spiro atoms. The molecule has 0 bridgehead atoms. The van der Waals surface area contributed by atoms with E-state index < -0.39 is 28.5 Å². The van der Waals surface area contributed by atoms with Crippen LogP contribution in [0.1, 0.15) is 19.4 Å². The number of carbonyl (C=O) groups is 2. The number of methoxy groups -OCH3 is 1. The van der Waals surface area contributed by atoms with Gasteiger partial charge in [-0.1, -0.05) is 12.1 Å². The van der Waals surface area contributed by atoms with E-state index in [2.05, 4.69) is 5.32 Å². The normalized spacial score (nSPS) is 13.5. The lowest BCUT2D eigenvalue weighted by atomic mass is 10.1. The van der Waals surface area contributed by atoms with Crippen molar-refractivity contribution in [3.05, 3.63) is 48.0 Å². The van der Waals surface area contributed by atoms with Gasteiger partial charge < -0.3 is 24.4 Å². The largest absolute Gasteiger partial charge is 0.497 e. The van der Waals surface area contributed by atoms with Gasteiger partial charge in [0.25, 0.3) is 0 Å². The van der Waals surface area contributed by atoms with Crippen molar-refractivity contribution in [3.63, 3.8) is 0 Å². The Morgan fingerprint density at radius 3 is 2.49 bits per heavy atom. The molecule has 0 saturated carbocycles. The lowest BCUT2D eigenvalue weighted by Gasteiger charge is -2.32. The monoisotopic (exact) mass is 505 g/mol. The second-order valence-electron chi connectivity index (χ2n) is 7.90. The Hall–Kier alpha value is -3.47. The van der Waals surface area contributed by atoms with Crippen molar-refractivity contribution in [3.8, 4) is 17.2 Å². The summed E-state index contributed by atoms with van der Waals surface area (Å²) in [5, 5.41) is 2.55. The highest BCUT2D eigenvalue weighted by atomic mass is 32.2. The summed E-state index contributed by atoms with van der Waals surface area (Å²) in [6, 6.07) is 11.0. The minimum absolute atomic E-state index is 0.0891. The fraction of sp³-hybridized carbons (Fsp3) is 0.417. The number of hydrogen-bond acceptors (Lipinski definition) is 7. The first-order valence-corrected chi connectivity index (χ1v) is 12.8. The van der Waals surface area contributed by atoms with E-state index in [0.717, 1.165) is 9.87 Å². The molecule has 1 heterocycles. The van der Waals surface area contributed by atoms with E-state index in [4.69, 9.17) is 14.2 Å². The van der Waals surface area contributed by atoms with Crippen molar-refractivity contribution >= 4 is 27.5 Å². The Balaban J connectivity index is 1.95. The Labute approximate surface area is 205 Å². The molecule has 2 aromatic carbocycles. The molecular weight excluding hydrogens is 474 g/mol. The number of fused-ring (bicyclic) bond motifs is 1. The van der Waals surface area contributed by atoms with Gasteiger partial charge in [-0.15, -0.1) is 0 Å². The summed E-state index contributed by atoms with van der Waals surface area (Å²) in [5.74, 6) is 0.406. The Kier molecular flexibility index (Phi) is 8.44. The first-order valence-electron chi connectivity index (χ1n) is 11.2. The molecule has 0 fully saturated rings. The van der Waals surface area contributed by atoms with Crippen LogP contribution in [0.4, 0.5) is 5.69 Å². The third-order valence-electron chi connectivity index (χ3n) is 5.69. The van der Waals surface area contributed by atoms with Crippen molar-refractivity contribution in [2.45, 2.75) is 26.4 Å². The number of amides is 2. The van der Waals surface area contributed by atoms with Crippen LogP contribution >= 0.6 is 0 Å². The van der Waals surface area contributed by atoms with Crippen LogP contribution in [0.2, 0.25) is 0 Å². The third kappa shape index (κ3) is 6.16. The molecule has 1 aliphatic rings. The number of sulfonamides is 1. The zero-order valence-electron chi connectivity index (χ0n) is 20.3. The van der Waals surface area contributed by atoms with Crippen molar-refractivity contribution in [1.82, 2.24) is 10.2 Å². The van der Waals surface area contributed by atoms with Crippen LogP contribution in [0, 0.1) is 0 Å². The molecular formula is C24H31N3O7S. The molecule has 1 unspecified atom stereocenters. The van der Waals surface area contributed by atoms with E-state index in [1.54, 1.807) is 49.4 Å². The molecule has 1 aliphatic heterocycles. The predicted octanol–water partition coefficient (Wildman–Crippen LogP) is 1.79. The molecule has 1 N–H and O–H groups in total.